The Morgan fingerprint density at radius 1 is 1.23 bits per heavy atom. The van der Waals surface area contributed by atoms with Gasteiger partial charge in [-0.25, -0.2) is 0 Å². The smallest absolute Gasteiger partial charge is 0.251 e. The number of nitrogens with one attached hydrogen (secondary N) is 4. The van der Waals surface area contributed by atoms with Crippen molar-refractivity contribution in [1.82, 2.24) is 21.3 Å². The number of carbonyl (C=O) groups is 3. The van der Waals surface area contributed by atoms with Gasteiger partial charge in [0.25, 0.3) is 5.91 Å². The predicted molar refractivity (Wildman–Crippen MR) is 117 cm³/mol. The average Bonchev–Trinajstić information content (AvgIpc) is 3.41. The summed E-state index contributed by atoms with van der Waals surface area (Å²) >= 11 is 0. The first-order valence-corrected chi connectivity index (χ1v) is 11.2. The Morgan fingerprint density at radius 2 is 1.97 bits per heavy atom. The summed E-state index contributed by atoms with van der Waals surface area (Å²) in [6.45, 7) is 5.89. The second-order valence-electron chi connectivity index (χ2n) is 8.98. The molecule has 0 aromatic heterocycles. The van der Waals surface area contributed by atoms with Crippen LogP contribution in [-0.4, -0.2) is 54.1 Å². The van der Waals surface area contributed by atoms with Crippen LogP contribution in [0.5, 0.6) is 0 Å². The van der Waals surface area contributed by atoms with Gasteiger partial charge < -0.3 is 26.4 Å². The Morgan fingerprint density at radius 3 is 2.58 bits per heavy atom. The first-order valence-electron chi connectivity index (χ1n) is 11.2. The molecule has 0 spiro atoms. The van der Waals surface area contributed by atoms with Crippen molar-refractivity contribution in [1.29, 1.82) is 0 Å². The molecule has 1 aromatic carbocycles. The second-order valence-corrected chi connectivity index (χ2v) is 8.98. The molecule has 31 heavy (non-hydrogen) atoms. The molecule has 5 N–H and O–H groups in total. The highest BCUT2D eigenvalue weighted by Gasteiger charge is 2.37. The van der Waals surface area contributed by atoms with E-state index in [1.165, 1.54) is 0 Å². The van der Waals surface area contributed by atoms with Crippen LogP contribution in [0.3, 0.4) is 0 Å². The van der Waals surface area contributed by atoms with Gasteiger partial charge in [0.2, 0.25) is 11.8 Å². The third-order valence-electron chi connectivity index (χ3n) is 6.41. The molecular weight excluding hydrogens is 396 g/mol. The monoisotopic (exact) mass is 430 g/mol. The minimum Gasteiger partial charge on any atom is -0.381 e. The highest BCUT2D eigenvalue weighted by atomic mass is 16.3. The number of rotatable bonds is 9. The van der Waals surface area contributed by atoms with Gasteiger partial charge in [0.05, 0.1) is 12.1 Å². The van der Waals surface area contributed by atoms with Crippen molar-refractivity contribution in [2.45, 2.75) is 57.8 Å². The van der Waals surface area contributed by atoms with E-state index in [1.54, 1.807) is 0 Å². The van der Waals surface area contributed by atoms with Crippen LogP contribution in [-0.2, 0) is 20.9 Å². The summed E-state index contributed by atoms with van der Waals surface area (Å²) in [5, 5.41) is 22.3. The summed E-state index contributed by atoms with van der Waals surface area (Å²) in [7, 11) is 0. The molecule has 170 valence electrons. The number of benzene rings is 1. The number of aliphatic hydroxyl groups is 1. The Labute approximate surface area is 183 Å². The minimum absolute atomic E-state index is 0.102. The molecule has 5 atom stereocenters. The van der Waals surface area contributed by atoms with Gasteiger partial charge in [-0.2, -0.15) is 0 Å². The van der Waals surface area contributed by atoms with E-state index in [-0.39, 0.29) is 36.7 Å². The van der Waals surface area contributed by atoms with Crippen LogP contribution in [0.25, 0.3) is 0 Å². The molecule has 2 fully saturated rings. The van der Waals surface area contributed by atoms with Gasteiger partial charge in [-0.05, 0) is 43.2 Å². The minimum atomic E-state index is -1.44. The van der Waals surface area contributed by atoms with E-state index < -0.39 is 18.1 Å². The van der Waals surface area contributed by atoms with E-state index >= 15 is 0 Å². The van der Waals surface area contributed by atoms with Crippen molar-refractivity contribution >= 4 is 17.7 Å². The lowest BCUT2D eigenvalue weighted by Gasteiger charge is -2.26. The molecule has 0 bridgehead atoms. The lowest BCUT2D eigenvalue weighted by Crippen LogP contribution is -2.54. The van der Waals surface area contributed by atoms with Gasteiger partial charge in [-0.15, -0.1) is 0 Å². The molecule has 0 saturated carbocycles. The topological polar surface area (TPSA) is 120 Å². The molecule has 2 aliphatic rings. The lowest BCUT2D eigenvalue weighted by atomic mass is 9.92. The average molecular weight is 431 g/mol. The largest absolute Gasteiger partial charge is 0.381 e. The first kappa shape index (κ1) is 23.2. The number of amides is 3. The second kappa shape index (κ2) is 10.7. The first-order chi connectivity index (χ1) is 14.8. The van der Waals surface area contributed by atoms with E-state index in [2.05, 4.69) is 35.1 Å². The van der Waals surface area contributed by atoms with Crippen molar-refractivity contribution in [3.05, 3.63) is 35.9 Å². The van der Waals surface area contributed by atoms with Crippen molar-refractivity contribution in [2.24, 2.45) is 17.8 Å². The van der Waals surface area contributed by atoms with E-state index in [4.69, 9.17) is 0 Å². The van der Waals surface area contributed by atoms with Crippen LogP contribution in [0.2, 0.25) is 0 Å². The summed E-state index contributed by atoms with van der Waals surface area (Å²) in [5.41, 5.74) is 0.911. The van der Waals surface area contributed by atoms with Crippen LogP contribution in [0.1, 0.15) is 38.7 Å². The third kappa shape index (κ3) is 6.27. The van der Waals surface area contributed by atoms with Crippen LogP contribution < -0.4 is 21.3 Å². The van der Waals surface area contributed by atoms with E-state index in [0.717, 1.165) is 18.5 Å². The van der Waals surface area contributed by atoms with Crippen molar-refractivity contribution < 1.29 is 19.5 Å². The molecule has 3 amide bonds. The summed E-state index contributed by atoms with van der Waals surface area (Å²) < 4.78 is 0. The maximum Gasteiger partial charge on any atom is 0.251 e. The molecule has 8 heteroatoms. The maximum atomic E-state index is 12.9. The fourth-order valence-corrected chi connectivity index (χ4v) is 4.27. The van der Waals surface area contributed by atoms with Crippen molar-refractivity contribution in [3.63, 3.8) is 0 Å². The number of hydrogen-bond donors (Lipinski definition) is 5. The van der Waals surface area contributed by atoms with Gasteiger partial charge in [0.15, 0.2) is 6.10 Å². The Balaban J connectivity index is 1.62. The van der Waals surface area contributed by atoms with Gasteiger partial charge in [0, 0.05) is 19.0 Å². The molecule has 2 unspecified atom stereocenters. The zero-order valence-corrected chi connectivity index (χ0v) is 18.3. The number of hydrogen-bond acceptors (Lipinski definition) is 5. The molecule has 2 aliphatic heterocycles. The van der Waals surface area contributed by atoms with Gasteiger partial charge in [-0.1, -0.05) is 44.2 Å². The molecule has 2 heterocycles. The summed E-state index contributed by atoms with van der Waals surface area (Å²) in [6.07, 6.45) is 0.123. The fraction of sp³-hybridized carbons (Fsp3) is 0.609. The zero-order chi connectivity index (χ0) is 22.4. The lowest BCUT2D eigenvalue weighted by molar-refractivity contribution is -0.134. The Kier molecular flexibility index (Phi) is 8.03. The van der Waals surface area contributed by atoms with E-state index in [0.29, 0.717) is 24.8 Å². The van der Waals surface area contributed by atoms with E-state index in [9.17, 15) is 19.5 Å². The van der Waals surface area contributed by atoms with Crippen molar-refractivity contribution in [3.8, 4) is 0 Å². The van der Waals surface area contributed by atoms with Crippen LogP contribution in [0.15, 0.2) is 30.3 Å². The van der Waals surface area contributed by atoms with Crippen LogP contribution in [0.4, 0.5) is 0 Å². The normalized spacial score (nSPS) is 25.2. The maximum absolute atomic E-state index is 12.9. The Bertz CT molecular complexity index is 770. The highest BCUT2D eigenvalue weighted by Crippen LogP contribution is 2.23. The van der Waals surface area contributed by atoms with Crippen molar-refractivity contribution in [2.75, 3.05) is 13.1 Å². The predicted octanol–water partition coefficient (Wildman–Crippen LogP) is 0.309. The quantitative estimate of drug-likeness (QED) is 0.386. The van der Waals surface area contributed by atoms with Crippen LogP contribution >= 0.6 is 0 Å². The summed E-state index contributed by atoms with van der Waals surface area (Å²) in [5.74, 6) is -0.350. The molecule has 3 rings (SSSR count). The van der Waals surface area contributed by atoms with Gasteiger partial charge >= 0.3 is 0 Å². The fourth-order valence-electron chi connectivity index (χ4n) is 4.27. The molecule has 1 aromatic rings. The SMILES string of the molecule is CC(C)[C@H]1CN[C@H](C(=O)NC(C[C@@H]2CCNC2=O)C(O)C(=O)NCc2ccccc2)C1. The molecule has 2 saturated heterocycles. The summed E-state index contributed by atoms with van der Waals surface area (Å²) in [6, 6.07) is 8.21. The number of aliphatic hydroxyl groups excluding tert-OH is 1. The molecule has 0 aliphatic carbocycles. The standard InChI is InChI=1S/C23H34N4O4/c1-14(2)17-11-19(25-13-17)22(30)27-18(10-16-8-9-24-21(16)29)20(28)23(31)26-12-15-6-4-3-5-7-15/h3-7,14,16-20,25,28H,8-13H2,1-2H3,(H,24,29)(H,26,31)(H,27,30)/t16-,17+,18?,19-,20?/m0/s1. The Hall–Kier alpha value is -2.45. The molecule has 8 nitrogen and oxygen atoms in total. The molecule has 0 radical (unpaired) electrons. The van der Waals surface area contributed by atoms with Crippen LogP contribution in [0, 0.1) is 17.8 Å². The summed E-state index contributed by atoms with van der Waals surface area (Å²) in [4.78, 5) is 37.6. The highest BCUT2D eigenvalue weighted by molar-refractivity contribution is 5.86. The third-order valence-corrected chi connectivity index (χ3v) is 6.41. The molecular formula is C23H34N4O4. The number of carbonyl (C=O) groups excluding carboxylic acids is 3. The van der Waals surface area contributed by atoms with Gasteiger partial charge in [-0.3, -0.25) is 14.4 Å². The zero-order valence-electron chi connectivity index (χ0n) is 18.3. The van der Waals surface area contributed by atoms with Gasteiger partial charge in [0.1, 0.15) is 0 Å². The van der Waals surface area contributed by atoms with E-state index in [1.807, 2.05) is 30.3 Å².